The third kappa shape index (κ3) is 6.29. The van der Waals surface area contributed by atoms with E-state index in [2.05, 4.69) is 36.4 Å². The molecule has 37 heavy (non-hydrogen) atoms. The number of ketones is 1. The zero-order valence-corrected chi connectivity index (χ0v) is 24.3. The maximum Gasteiger partial charge on any atom is 0.162 e. The van der Waals surface area contributed by atoms with Crippen molar-refractivity contribution in [1.82, 2.24) is 4.98 Å². The Morgan fingerprint density at radius 2 is 1.49 bits per heavy atom. The van der Waals surface area contributed by atoms with Crippen molar-refractivity contribution in [2.45, 2.75) is 53.4 Å². The Morgan fingerprint density at radius 1 is 0.892 bits per heavy atom. The summed E-state index contributed by atoms with van der Waals surface area (Å²) < 4.78 is 5.97. The van der Waals surface area contributed by atoms with Gasteiger partial charge in [-0.25, -0.2) is 0 Å². The van der Waals surface area contributed by atoms with Crippen LogP contribution in [0.2, 0.25) is 0 Å². The van der Waals surface area contributed by atoms with Gasteiger partial charge in [0.15, 0.2) is 5.78 Å². The van der Waals surface area contributed by atoms with E-state index in [0.29, 0.717) is 0 Å². The molecular formula is C32H34IrNO3-. The van der Waals surface area contributed by atoms with E-state index in [1.165, 1.54) is 6.08 Å². The molecule has 2 aromatic heterocycles. The van der Waals surface area contributed by atoms with Crippen LogP contribution in [0.1, 0.15) is 53.4 Å². The summed E-state index contributed by atoms with van der Waals surface area (Å²) in [6.45, 7) is 8.07. The van der Waals surface area contributed by atoms with E-state index in [9.17, 15) is 9.90 Å². The van der Waals surface area contributed by atoms with Gasteiger partial charge in [0.05, 0.1) is 22.4 Å². The minimum absolute atomic E-state index is 0. The molecule has 0 aliphatic rings. The number of fused-ring (bicyclic) bond motifs is 5. The van der Waals surface area contributed by atoms with Crippen molar-refractivity contribution in [3.63, 3.8) is 0 Å². The maximum absolute atomic E-state index is 11.7. The van der Waals surface area contributed by atoms with Crippen LogP contribution in [0.5, 0.6) is 0 Å². The second kappa shape index (κ2) is 13.0. The van der Waals surface area contributed by atoms with Gasteiger partial charge in [-0.1, -0.05) is 80.9 Å². The van der Waals surface area contributed by atoms with E-state index in [-0.39, 0.29) is 43.5 Å². The number of carbonyl (C=O) groups excluding carboxylic acids is 1. The number of para-hydroxylation sites is 1. The van der Waals surface area contributed by atoms with E-state index in [1.54, 1.807) is 0 Å². The van der Waals surface area contributed by atoms with Crippen LogP contribution in [0.4, 0.5) is 0 Å². The summed E-state index contributed by atoms with van der Waals surface area (Å²) in [5.74, 6) is 0.547. The third-order valence-corrected chi connectivity index (χ3v) is 6.98. The minimum atomic E-state index is 0. The van der Waals surface area contributed by atoms with Gasteiger partial charge >= 0.3 is 0 Å². The topological polar surface area (TPSA) is 63.3 Å². The summed E-state index contributed by atoms with van der Waals surface area (Å²) in [5.41, 5.74) is 3.52. The number of hydrogen-bond donors (Lipinski definition) is 1. The van der Waals surface area contributed by atoms with E-state index in [4.69, 9.17) is 9.40 Å². The van der Waals surface area contributed by atoms with Crippen LogP contribution in [0.15, 0.2) is 76.9 Å². The Morgan fingerprint density at radius 3 is 2.16 bits per heavy atom. The van der Waals surface area contributed by atoms with Gasteiger partial charge in [0.25, 0.3) is 0 Å². The first kappa shape index (κ1) is 28.6. The van der Waals surface area contributed by atoms with Crippen LogP contribution >= 0.6 is 0 Å². The average molecular weight is 673 g/mol. The fourth-order valence-corrected chi connectivity index (χ4v) is 4.65. The number of nitrogens with zero attached hydrogens (tertiary/aromatic N) is 1. The molecule has 195 valence electrons. The van der Waals surface area contributed by atoms with E-state index < -0.39 is 0 Å². The molecule has 4 nitrogen and oxygen atoms in total. The monoisotopic (exact) mass is 673 g/mol. The number of pyridine rings is 1. The Bertz CT molecular complexity index is 1440. The SMILES string of the molecule is CCC(CC)C(=O)/C=C(\O)C(CC)CC.[Ir].[c-]1c2ccccc2cc2oc3cc4ccccc4nc3c12. The van der Waals surface area contributed by atoms with Crippen molar-refractivity contribution in [2.75, 3.05) is 0 Å². The van der Waals surface area contributed by atoms with Crippen LogP contribution in [-0.4, -0.2) is 15.9 Å². The molecule has 0 unspecified atom stereocenters. The molecule has 3 aromatic carbocycles. The van der Waals surface area contributed by atoms with Crippen molar-refractivity contribution in [3.05, 3.63) is 78.6 Å². The number of aromatic nitrogens is 1. The molecule has 0 saturated heterocycles. The summed E-state index contributed by atoms with van der Waals surface area (Å²) in [4.78, 5) is 16.5. The fraction of sp³-hybridized carbons (Fsp3) is 0.312. The number of carbonyl (C=O) groups is 1. The molecule has 5 heteroatoms. The van der Waals surface area contributed by atoms with Crippen molar-refractivity contribution < 1.29 is 34.4 Å². The normalized spacial score (nSPS) is 11.8. The summed E-state index contributed by atoms with van der Waals surface area (Å²) in [6.07, 6.45) is 4.91. The largest absolute Gasteiger partial charge is 0.512 e. The molecule has 0 spiro atoms. The summed E-state index contributed by atoms with van der Waals surface area (Å²) in [7, 11) is 0. The molecule has 1 N–H and O–H groups in total. The van der Waals surface area contributed by atoms with Crippen molar-refractivity contribution in [1.29, 1.82) is 0 Å². The van der Waals surface area contributed by atoms with Gasteiger partial charge in [-0.15, -0.1) is 17.5 Å². The third-order valence-electron chi connectivity index (χ3n) is 6.98. The molecule has 0 aliphatic carbocycles. The Hall–Kier alpha value is -3.01. The van der Waals surface area contributed by atoms with Gasteiger partial charge in [-0.3, -0.25) is 9.78 Å². The molecule has 0 amide bonds. The molecule has 0 fully saturated rings. The summed E-state index contributed by atoms with van der Waals surface area (Å²) in [5, 5.41) is 14.0. The standard InChI is InChI=1S/C19H10NO.C13H24O2.Ir/c1-2-6-13-10-17-15(9-12(13)5-1)19-18(21-17)11-14-7-3-4-8-16(14)20-19;1-5-10(6-2)12(14)9-13(15)11(7-3)8-4;/h1-8,10-11H;9-11,14H,5-8H2,1-4H3;/q-1;;/b;12-9-;. The molecule has 0 saturated carbocycles. The van der Waals surface area contributed by atoms with Crippen LogP contribution in [0.3, 0.4) is 0 Å². The van der Waals surface area contributed by atoms with Crippen molar-refractivity contribution in [2.24, 2.45) is 11.8 Å². The Labute approximate surface area is 232 Å². The molecular weight excluding hydrogens is 639 g/mol. The number of benzene rings is 3. The number of rotatable bonds is 7. The Kier molecular flexibility index (Phi) is 10.0. The first-order valence-corrected chi connectivity index (χ1v) is 13.0. The van der Waals surface area contributed by atoms with Crippen LogP contribution in [0.25, 0.3) is 43.7 Å². The number of aliphatic hydroxyl groups is 1. The van der Waals surface area contributed by atoms with Crippen molar-refractivity contribution in [3.8, 4) is 0 Å². The second-order valence-electron chi connectivity index (χ2n) is 9.22. The molecule has 5 rings (SSSR count). The second-order valence-corrected chi connectivity index (χ2v) is 9.22. The van der Waals surface area contributed by atoms with Gasteiger partial charge in [0.2, 0.25) is 0 Å². The molecule has 0 aliphatic heterocycles. The number of hydrogen-bond acceptors (Lipinski definition) is 4. The first-order valence-electron chi connectivity index (χ1n) is 13.0. The minimum Gasteiger partial charge on any atom is -0.512 e. The van der Waals surface area contributed by atoms with E-state index in [0.717, 1.165) is 69.4 Å². The number of allylic oxidation sites excluding steroid dienone is 2. The fourth-order valence-electron chi connectivity index (χ4n) is 4.65. The van der Waals surface area contributed by atoms with Gasteiger partial charge in [0.1, 0.15) is 5.58 Å². The predicted molar refractivity (Wildman–Crippen MR) is 149 cm³/mol. The molecule has 5 aromatic rings. The number of furan rings is 1. The van der Waals surface area contributed by atoms with Crippen LogP contribution in [0, 0.1) is 17.9 Å². The van der Waals surface area contributed by atoms with E-state index >= 15 is 0 Å². The first-order chi connectivity index (χ1) is 17.5. The quantitative estimate of drug-likeness (QED) is 0.107. The average Bonchev–Trinajstić information content (AvgIpc) is 3.23. The van der Waals surface area contributed by atoms with E-state index in [1.807, 2.05) is 58.0 Å². The molecule has 2 heterocycles. The van der Waals surface area contributed by atoms with Gasteiger partial charge in [-0.2, -0.15) is 0 Å². The maximum atomic E-state index is 11.7. The zero-order valence-electron chi connectivity index (χ0n) is 21.9. The van der Waals surface area contributed by atoms with Gasteiger partial charge in [-0.05, 0) is 37.8 Å². The smallest absolute Gasteiger partial charge is 0.162 e. The molecule has 0 bridgehead atoms. The number of aliphatic hydroxyl groups excluding tert-OH is 1. The van der Waals surface area contributed by atoms with Gasteiger partial charge < -0.3 is 9.52 Å². The molecule has 0 atom stereocenters. The predicted octanol–water partition coefficient (Wildman–Crippen LogP) is 8.95. The van der Waals surface area contributed by atoms with Crippen LogP contribution < -0.4 is 0 Å². The van der Waals surface area contributed by atoms with Gasteiger partial charge in [0, 0.05) is 43.4 Å². The molecule has 1 radical (unpaired) electrons. The van der Waals surface area contributed by atoms with Crippen molar-refractivity contribution >= 4 is 49.5 Å². The summed E-state index contributed by atoms with van der Waals surface area (Å²) in [6, 6.07) is 23.8. The Balaban J connectivity index is 0.000000214. The summed E-state index contributed by atoms with van der Waals surface area (Å²) >= 11 is 0. The van der Waals surface area contributed by atoms with Crippen LogP contribution in [-0.2, 0) is 24.9 Å². The zero-order chi connectivity index (χ0) is 25.7.